The Morgan fingerprint density at radius 2 is 1.29 bits per heavy atom. The maximum atomic E-state index is 5.84. The normalized spacial score (nSPS) is 39.2. The van der Waals surface area contributed by atoms with Crippen molar-refractivity contribution in [3.63, 3.8) is 0 Å². The minimum absolute atomic E-state index is 0.00761. The Morgan fingerprint density at radius 1 is 0.824 bits per heavy atom. The molecule has 0 saturated carbocycles. The van der Waals surface area contributed by atoms with Crippen molar-refractivity contribution in [1.82, 2.24) is 0 Å². The zero-order valence-corrected chi connectivity index (χ0v) is 10.6. The fourth-order valence-electron chi connectivity index (χ4n) is 2.30. The molecule has 4 atom stereocenters. The van der Waals surface area contributed by atoms with Gasteiger partial charge in [-0.15, -0.1) is 0 Å². The van der Waals surface area contributed by atoms with Crippen LogP contribution in [0.25, 0.3) is 0 Å². The SMILES string of the molecule is COC1CCCOC1OC1OCCCC1OC. The summed E-state index contributed by atoms with van der Waals surface area (Å²) in [6.07, 6.45) is 3.26. The van der Waals surface area contributed by atoms with Crippen LogP contribution in [0.15, 0.2) is 0 Å². The maximum absolute atomic E-state index is 5.84. The van der Waals surface area contributed by atoms with Crippen molar-refractivity contribution in [3.05, 3.63) is 0 Å². The molecule has 4 unspecified atom stereocenters. The smallest absolute Gasteiger partial charge is 0.186 e. The Balaban J connectivity index is 1.88. The van der Waals surface area contributed by atoms with E-state index in [0.717, 1.165) is 38.9 Å². The van der Waals surface area contributed by atoms with Gasteiger partial charge in [-0.05, 0) is 25.7 Å². The van der Waals surface area contributed by atoms with Crippen LogP contribution in [0.5, 0.6) is 0 Å². The summed E-state index contributed by atoms with van der Waals surface area (Å²) in [5.74, 6) is 0. The highest BCUT2D eigenvalue weighted by Gasteiger charge is 2.34. The largest absolute Gasteiger partial charge is 0.376 e. The third-order valence-electron chi connectivity index (χ3n) is 3.31. The van der Waals surface area contributed by atoms with Gasteiger partial charge in [-0.1, -0.05) is 0 Å². The standard InChI is InChI=1S/C12H22O5/c1-13-9-5-3-7-15-11(9)17-12-10(14-2)6-4-8-16-12/h9-12H,3-8H2,1-2H3. The average molecular weight is 246 g/mol. The first-order chi connectivity index (χ1) is 8.35. The second kappa shape index (κ2) is 6.66. The molecule has 0 aromatic rings. The van der Waals surface area contributed by atoms with Crippen molar-refractivity contribution in [2.45, 2.75) is 50.5 Å². The summed E-state index contributed by atoms with van der Waals surface area (Å²) >= 11 is 0. The van der Waals surface area contributed by atoms with E-state index >= 15 is 0 Å². The number of rotatable bonds is 4. The predicted octanol–water partition coefficient (Wildman–Crippen LogP) is 1.31. The van der Waals surface area contributed by atoms with Crippen LogP contribution in [-0.2, 0) is 23.7 Å². The molecule has 2 saturated heterocycles. The molecule has 100 valence electrons. The lowest BCUT2D eigenvalue weighted by Crippen LogP contribution is -2.46. The molecule has 5 heteroatoms. The van der Waals surface area contributed by atoms with Crippen LogP contribution >= 0.6 is 0 Å². The van der Waals surface area contributed by atoms with Crippen molar-refractivity contribution in [1.29, 1.82) is 0 Å². The Labute approximate surface area is 102 Å². The predicted molar refractivity (Wildman–Crippen MR) is 60.6 cm³/mol. The van der Waals surface area contributed by atoms with Gasteiger partial charge in [0.25, 0.3) is 0 Å². The van der Waals surface area contributed by atoms with Crippen molar-refractivity contribution < 1.29 is 23.7 Å². The van der Waals surface area contributed by atoms with Crippen molar-refractivity contribution in [3.8, 4) is 0 Å². The Kier molecular flexibility index (Phi) is 5.18. The molecule has 2 fully saturated rings. The van der Waals surface area contributed by atoms with E-state index in [2.05, 4.69) is 0 Å². The summed E-state index contributed by atoms with van der Waals surface area (Å²) in [6.45, 7) is 1.43. The van der Waals surface area contributed by atoms with E-state index in [4.69, 9.17) is 23.7 Å². The highest BCUT2D eigenvalue weighted by atomic mass is 16.8. The molecule has 0 aromatic carbocycles. The van der Waals surface area contributed by atoms with Gasteiger partial charge in [0.15, 0.2) is 12.6 Å². The number of hydrogen-bond donors (Lipinski definition) is 0. The van der Waals surface area contributed by atoms with Crippen LogP contribution < -0.4 is 0 Å². The van der Waals surface area contributed by atoms with E-state index in [1.807, 2.05) is 0 Å². The monoisotopic (exact) mass is 246 g/mol. The van der Waals surface area contributed by atoms with E-state index < -0.39 is 0 Å². The van der Waals surface area contributed by atoms with Crippen LogP contribution in [0.2, 0.25) is 0 Å². The van der Waals surface area contributed by atoms with Crippen LogP contribution in [0.3, 0.4) is 0 Å². The molecule has 2 heterocycles. The molecule has 2 aliphatic rings. The Hall–Kier alpha value is -0.200. The second-order valence-corrected chi connectivity index (χ2v) is 4.45. The Morgan fingerprint density at radius 3 is 1.71 bits per heavy atom. The topological polar surface area (TPSA) is 46.2 Å². The molecule has 0 amide bonds. The zero-order chi connectivity index (χ0) is 12.1. The summed E-state index contributed by atoms with van der Waals surface area (Å²) < 4.78 is 27.8. The molecule has 0 radical (unpaired) electrons. The third-order valence-corrected chi connectivity index (χ3v) is 3.31. The van der Waals surface area contributed by atoms with E-state index in [0.29, 0.717) is 0 Å². The maximum Gasteiger partial charge on any atom is 0.186 e. The lowest BCUT2D eigenvalue weighted by Gasteiger charge is -2.37. The molecule has 0 aliphatic carbocycles. The summed E-state index contributed by atoms with van der Waals surface area (Å²) in [5.41, 5.74) is 0. The van der Waals surface area contributed by atoms with Gasteiger partial charge in [0, 0.05) is 27.4 Å². The number of methoxy groups -OCH3 is 2. The fourth-order valence-corrected chi connectivity index (χ4v) is 2.30. The van der Waals surface area contributed by atoms with Crippen molar-refractivity contribution in [2.75, 3.05) is 27.4 Å². The van der Waals surface area contributed by atoms with Crippen LogP contribution in [0, 0.1) is 0 Å². The molecule has 0 spiro atoms. The highest BCUT2D eigenvalue weighted by Crippen LogP contribution is 2.24. The molecular weight excluding hydrogens is 224 g/mol. The van der Waals surface area contributed by atoms with Gasteiger partial charge in [0.1, 0.15) is 12.2 Å². The van der Waals surface area contributed by atoms with Crippen LogP contribution in [-0.4, -0.2) is 52.2 Å². The molecule has 17 heavy (non-hydrogen) atoms. The van der Waals surface area contributed by atoms with Gasteiger partial charge in [-0.25, -0.2) is 0 Å². The average Bonchev–Trinajstić information content (AvgIpc) is 2.40. The quantitative estimate of drug-likeness (QED) is 0.748. The zero-order valence-electron chi connectivity index (χ0n) is 10.6. The molecule has 2 rings (SSSR count). The van der Waals surface area contributed by atoms with Gasteiger partial charge in [0.05, 0.1) is 0 Å². The summed E-state index contributed by atoms with van der Waals surface area (Å²) in [7, 11) is 3.37. The van der Waals surface area contributed by atoms with E-state index in [1.165, 1.54) is 0 Å². The molecule has 2 aliphatic heterocycles. The minimum Gasteiger partial charge on any atom is -0.376 e. The van der Waals surface area contributed by atoms with Gasteiger partial charge in [0.2, 0.25) is 0 Å². The first-order valence-electron chi connectivity index (χ1n) is 6.29. The lowest BCUT2D eigenvalue weighted by atomic mass is 10.1. The molecule has 0 bridgehead atoms. The minimum atomic E-state index is -0.338. The lowest BCUT2D eigenvalue weighted by molar-refractivity contribution is -0.317. The molecule has 5 nitrogen and oxygen atoms in total. The van der Waals surface area contributed by atoms with E-state index in [9.17, 15) is 0 Å². The van der Waals surface area contributed by atoms with Crippen molar-refractivity contribution >= 4 is 0 Å². The molecule has 0 N–H and O–H groups in total. The van der Waals surface area contributed by atoms with Gasteiger partial charge in [-0.2, -0.15) is 0 Å². The number of ether oxygens (including phenoxy) is 5. The van der Waals surface area contributed by atoms with E-state index in [1.54, 1.807) is 14.2 Å². The third kappa shape index (κ3) is 3.39. The summed E-state index contributed by atoms with van der Waals surface area (Å²) in [4.78, 5) is 0. The van der Waals surface area contributed by atoms with Gasteiger partial charge in [-0.3, -0.25) is 0 Å². The fraction of sp³-hybridized carbons (Fsp3) is 1.00. The van der Waals surface area contributed by atoms with Crippen LogP contribution in [0.4, 0.5) is 0 Å². The van der Waals surface area contributed by atoms with Gasteiger partial charge >= 0.3 is 0 Å². The van der Waals surface area contributed by atoms with Crippen molar-refractivity contribution in [2.24, 2.45) is 0 Å². The van der Waals surface area contributed by atoms with Crippen LogP contribution in [0.1, 0.15) is 25.7 Å². The first-order valence-corrected chi connectivity index (χ1v) is 6.29. The highest BCUT2D eigenvalue weighted by molar-refractivity contribution is 4.73. The second-order valence-electron chi connectivity index (χ2n) is 4.45. The first kappa shape index (κ1) is 13.2. The van der Waals surface area contributed by atoms with E-state index in [-0.39, 0.29) is 24.8 Å². The molecule has 0 aromatic heterocycles. The Bertz CT molecular complexity index is 201. The number of hydrogen-bond acceptors (Lipinski definition) is 5. The molecular formula is C12H22O5. The summed E-state index contributed by atoms with van der Waals surface area (Å²) in [5, 5.41) is 0. The summed E-state index contributed by atoms with van der Waals surface area (Å²) in [6, 6.07) is 0. The van der Waals surface area contributed by atoms with Gasteiger partial charge < -0.3 is 23.7 Å².